The summed E-state index contributed by atoms with van der Waals surface area (Å²) in [5.74, 6) is 1.000. The lowest BCUT2D eigenvalue weighted by molar-refractivity contribution is 0.192. The van der Waals surface area contributed by atoms with E-state index in [0.717, 1.165) is 24.4 Å². The van der Waals surface area contributed by atoms with E-state index < -0.39 is 0 Å². The molecule has 1 aromatic carbocycles. The van der Waals surface area contributed by atoms with Gasteiger partial charge in [0.25, 0.3) is 0 Å². The third kappa shape index (κ3) is 2.00. The Labute approximate surface area is 85.3 Å². The maximum atomic E-state index is 5.87. The summed E-state index contributed by atoms with van der Waals surface area (Å²) in [5.41, 5.74) is 1.13. The highest BCUT2D eigenvalue weighted by Crippen LogP contribution is 2.29. The number of para-hydroxylation sites is 2. The van der Waals surface area contributed by atoms with E-state index in [2.05, 4.69) is 18.3 Å². The fourth-order valence-electron chi connectivity index (χ4n) is 1.75. The lowest BCUT2D eigenvalue weighted by Gasteiger charge is -2.27. The van der Waals surface area contributed by atoms with Gasteiger partial charge in [-0.3, -0.25) is 0 Å². The molecule has 0 spiro atoms. The number of unbranched alkanes of at least 4 members (excludes halogenated alkanes) is 1. The van der Waals surface area contributed by atoms with E-state index in [-0.39, 0.29) is 0 Å². The Hall–Kier alpha value is -1.18. The topological polar surface area (TPSA) is 21.3 Å². The van der Waals surface area contributed by atoms with Gasteiger partial charge in [-0.1, -0.05) is 25.5 Å². The van der Waals surface area contributed by atoms with E-state index in [1.165, 1.54) is 12.8 Å². The monoisotopic (exact) mass is 191 g/mol. The number of nitrogens with one attached hydrogen (secondary N) is 1. The van der Waals surface area contributed by atoms with Crippen LogP contribution in [0.4, 0.5) is 5.69 Å². The van der Waals surface area contributed by atoms with Crippen molar-refractivity contribution in [3.63, 3.8) is 0 Å². The van der Waals surface area contributed by atoms with Crippen LogP contribution in [-0.2, 0) is 0 Å². The van der Waals surface area contributed by atoms with Crippen molar-refractivity contribution in [1.29, 1.82) is 0 Å². The molecule has 76 valence electrons. The van der Waals surface area contributed by atoms with Crippen molar-refractivity contribution in [3.8, 4) is 5.75 Å². The number of ether oxygens (including phenoxy) is 1. The van der Waals surface area contributed by atoms with Crippen molar-refractivity contribution in [2.24, 2.45) is 0 Å². The van der Waals surface area contributed by atoms with Crippen LogP contribution in [0, 0.1) is 0 Å². The molecule has 0 saturated heterocycles. The molecule has 1 aliphatic rings. The Morgan fingerprint density at radius 2 is 2.29 bits per heavy atom. The highest BCUT2D eigenvalue weighted by Gasteiger charge is 2.17. The van der Waals surface area contributed by atoms with Gasteiger partial charge in [0.1, 0.15) is 11.9 Å². The molecule has 0 aliphatic carbocycles. The standard InChI is InChI=1S/C12H17NO/c1-2-3-6-10-9-13-11-7-4-5-8-12(11)14-10/h4-5,7-8,10,13H,2-3,6,9H2,1H3. The molecule has 2 heteroatoms. The van der Waals surface area contributed by atoms with Crippen LogP contribution in [0.3, 0.4) is 0 Å². The molecule has 0 amide bonds. The Balaban J connectivity index is 1.99. The average molecular weight is 191 g/mol. The summed E-state index contributed by atoms with van der Waals surface area (Å²) in [4.78, 5) is 0. The van der Waals surface area contributed by atoms with Crippen LogP contribution in [-0.4, -0.2) is 12.6 Å². The molecular formula is C12H17NO. The third-order valence-electron chi connectivity index (χ3n) is 2.58. The van der Waals surface area contributed by atoms with Crippen LogP contribution in [0.15, 0.2) is 24.3 Å². The highest BCUT2D eigenvalue weighted by molar-refractivity contribution is 5.57. The lowest BCUT2D eigenvalue weighted by Crippen LogP contribution is -2.30. The first-order chi connectivity index (χ1) is 6.90. The minimum absolute atomic E-state index is 0.352. The first-order valence-electron chi connectivity index (χ1n) is 5.39. The van der Waals surface area contributed by atoms with Gasteiger partial charge in [0.2, 0.25) is 0 Å². The zero-order valence-electron chi connectivity index (χ0n) is 8.62. The smallest absolute Gasteiger partial charge is 0.142 e. The third-order valence-corrected chi connectivity index (χ3v) is 2.58. The number of rotatable bonds is 3. The predicted molar refractivity (Wildman–Crippen MR) is 58.9 cm³/mol. The highest BCUT2D eigenvalue weighted by atomic mass is 16.5. The fraction of sp³-hybridized carbons (Fsp3) is 0.500. The number of hydrogen-bond acceptors (Lipinski definition) is 2. The first kappa shape index (κ1) is 9.38. The van der Waals surface area contributed by atoms with Gasteiger partial charge in [-0.2, -0.15) is 0 Å². The molecule has 1 unspecified atom stereocenters. The summed E-state index contributed by atoms with van der Waals surface area (Å²) in [6.45, 7) is 3.15. The number of benzene rings is 1. The number of anilines is 1. The van der Waals surface area contributed by atoms with Gasteiger partial charge in [-0.15, -0.1) is 0 Å². The summed E-state index contributed by atoms with van der Waals surface area (Å²) < 4.78 is 5.87. The van der Waals surface area contributed by atoms with Gasteiger partial charge < -0.3 is 10.1 Å². The molecule has 14 heavy (non-hydrogen) atoms. The van der Waals surface area contributed by atoms with Crippen LogP contribution in [0.2, 0.25) is 0 Å². The Morgan fingerprint density at radius 1 is 1.43 bits per heavy atom. The summed E-state index contributed by atoms with van der Waals surface area (Å²) in [5, 5.41) is 3.40. The van der Waals surface area contributed by atoms with Crippen molar-refractivity contribution in [2.75, 3.05) is 11.9 Å². The van der Waals surface area contributed by atoms with Crippen LogP contribution >= 0.6 is 0 Å². The average Bonchev–Trinajstić information content (AvgIpc) is 2.26. The zero-order valence-corrected chi connectivity index (χ0v) is 8.62. The predicted octanol–water partition coefficient (Wildman–Crippen LogP) is 3.05. The second-order valence-corrected chi connectivity index (χ2v) is 3.76. The Bertz CT molecular complexity index is 298. The van der Waals surface area contributed by atoms with Gasteiger partial charge in [-0.05, 0) is 25.0 Å². The van der Waals surface area contributed by atoms with Gasteiger partial charge >= 0.3 is 0 Å². The second-order valence-electron chi connectivity index (χ2n) is 3.76. The minimum atomic E-state index is 0.352. The summed E-state index contributed by atoms with van der Waals surface area (Å²) in [6.07, 6.45) is 3.98. The molecule has 2 nitrogen and oxygen atoms in total. The van der Waals surface area contributed by atoms with Crippen LogP contribution < -0.4 is 10.1 Å². The molecule has 1 atom stereocenters. The SMILES string of the molecule is CCCCC1CNc2ccccc2O1. The molecule has 1 heterocycles. The van der Waals surface area contributed by atoms with Gasteiger partial charge in [0, 0.05) is 0 Å². The molecule has 0 aromatic heterocycles. The van der Waals surface area contributed by atoms with Crippen molar-refractivity contribution >= 4 is 5.69 Å². The van der Waals surface area contributed by atoms with E-state index in [1.54, 1.807) is 0 Å². The molecule has 0 bridgehead atoms. The van der Waals surface area contributed by atoms with Crippen molar-refractivity contribution in [1.82, 2.24) is 0 Å². The first-order valence-corrected chi connectivity index (χ1v) is 5.39. The largest absolute Gasteiger partial charge is 0.486 e. The molecule has 1 N–H and O–H groups in total. The van der Waals surface area contributed by atoms with E-state index in [4.69, 9.17) is 4.74 Å². The van der Waals surface area contributed by atoms with Crippen LogP contribution in [0.5, 0.6) is 5.75 Å². The maximum Gasteiger partial charge on any atom is 0.142 e. The minimum Gasteiger partial charge on any atom is -0.486 e. The van der Waals surface area contributed by atoms with Gasteiger partial charge in [-0.25, -0.2) is 0 Å². The Kier molecular flexibility index (Phi) is 2.92. The van der Waals surface area contributed by atoms with Gasteiger partial charge in [0.15, 0.2) is 0 Å². The van der Waals surface area contributed by atoms with Crippen LogP contribution in [0.25, 0.3) is 0 Å². The van der Waals surface area contributed by atoms with Crippen LogP contribution in [0.1, 0.15) is 26.2 Å². The summed E-state index contributed by atoms with van der Waals surface area (Å²) in [6, 6.07) is 8.14. The quantitative estimate of drug-likeness (QED) is 0.792. The van der Waals surface area contributed by atoms with E-state index in [0.29, 0.717) is 6.10 Å². The normalized spacial score (nSPS) is 19.4. The van der Waals surface area contributed by atoms with E-state index in [1.807, 2.05) is 18.2 Å². The van der Waals surface area contributed by atoms with Crippen molar-refractivity contribution < 1.29 is 4.74 Å². The Morgan fingerprint density at radius 3 is 3.14 bits per heavy atom. The summed E-state index contributed by atoms with van der Waals surface area (Å²) >= 11 is 0. The van der Waals surface area contributed by atoms with Crippen molar-refractivity contribution in [2.45, 2.75) is 32.3 Å². The van der Waals surface area contributed by atoms with E-state index >= 15 is 0 Å². The molecule has 1 aromatic rings. The second kappa shape index (κ2) is 4.36. The molecule has 1 aliphatic heterocycles. The van der Waals surface area contributed by atoms with Crippen molar-refractivity contribution in [3.05, 3.63) is 24.3 Å². The van der Waals surface area contributed by atoms with Gasteiger partial charge in [0.05, 0.1) is 12.2 Å². The molecule has 2 rings (SSSR count). The molecule has 0 radical (unpaired) electrons. The zero-order chi connectivity index (χ0) is 9.80. The number of hydrogen-bond donors (Lipinski definition) is 1. The molecule has 0 fully saturated rings. The van der Waals surface area contributed by atoms with E-state index in [9.17, 15) is 0 Å². The lowest BCUT2D eigenvalue weighted by atomic mass is 10.1. The fourth-order valence-corrected chi connectivity index (χ4v) is 1.75. The molecule has 0 saturated carbocycles. The summed E-state index contributed by atoms with van der Waals surface area (Å²) in [7, 11) is 0. The number of fused-ring (bicyclic) bond motifs is 1. The maximum absolute atomic E-state index is 5.87. The molecular weight excluding hydrogens is 174 g/mol.